The first-order chi connectivity index (χ1) is 19.2. The predicted molar refractivity (Wildman–Crippen MR) is 162 cm³/mol. The lowest BCUT2D eigenvalue weighted by atomic mass is 9.90. The van der Waals surface area contributed by atoms with E-state index in [4.69, 9.17) is 44.3 Å². The molecule has 0 saturated carbocycles. The molecular weight excluding hydrogens is 576 g/mol. The number of anilines is 1. The average molecular weight is 615 g/mol. The molecule has 0 aromatic heterocycles. The minimum atomic E-state index is -2.08. The van der Waals surface area contributed by atoms with Crippen molar-refractivity contribution in [1.82, 2.24) is 10.2 Å². The van der Waals surface area contributed by atoms with Gasteiger partial charge in [-0.2, -0.15) is 0 Å². The Morgan fingerprint density at radius 3 is 2.55 bits per heavy atom. The second-order valence-electron chi connectivity index (χ2n) is 9.75. The molecule has 220 valence electrons. The Labute approximate surface area is 252 Å². The Morgan fingerprint density at radius 1 is 1.12 bits per heavy atom. The van der Waals surface area contributed by atoms with Crippen LogP contribution in [0.3, 0.4) is 0 Å². The Kier molecular flexibility index (Phi) is 12.9. The van der Waals surface area contributed by atoms with Gasteiger partial charge in [0, 0.05) is 37.9 Å². The quantitative estimate of drug-likeness (QED) is 0.171. The van der Waals surface area contributed by atoms with Crippen molar-refractivity contribution < 1.29 is 18.7 Å². The lowest BCUT2D eigenvalue weighted by Gasteiger charge is -2.30. The molecule has 2 N–H and O–H groups in total. The van der Waals surface area contributed by atoms with E-state index in [1.807, 2.05) is 44.2 Å². The van der Waals surface area contributed by atoms with Gasteiger partial charge < -0.3 is 20.1 Å². The number of amides is 1. The number of hydrogen-bond acceptors (Lipinski definition) is 5. The molecule has 2 aliphatic rings. The van der Waals surface area contributed by atoms with Crippen molar-refractivity contribution in [3.8, 4) is 5.75 Å². The van der Waals surface area contributed by atoms with Crippen LogP contribution in [0.5, 0.6) is 5.75 Å². The summed E-state index contributed by atoms with van der Waals surface area (Å²) in [5, 5.41) is 6.37. The van der Waals surface area contributed by atoms with E-state index in [0.717, 1.165) is 68.3 Å². The normalized spacial score (nSPS) is 19.3. The molecule has 4 rings (SSSR count). The number of hydrogen-bond donors (Lipinski definition) is 2. The van der Waals surface area contributed by atoms with Gasteiger partial charge in [0.1, 0.15) is 11.6 Å². The van der Waals surface area contributed by atoms with Crippen LogP contribution < -0.4 is 15.4 Å². The van der Waals surface area contributed by atoms with Gasteiger partial charge in [0.25, 0.3) is 9.70 Å². The van der Waals surface area contributed by atoms with Crippen LogP contribution in [-0.4, -0.2) is 66.1 Å². The fourth-order valence-corrected chi connectivity index (χ4v) is 4.96. The highest BCUT2D eigenvalue weighted by Gasteiger charge is 2.40. The topological polar surface area (TPSA) is 62.8 Å². The molecule has 0 radical (unpaired) electrons. The number of carbonyl (C=O) groups excluding carboxylic acids is 1. The SMILES string of the molecule is CC.O=C(NC1(Cc2ccc(F)cc2)C=C(CNc2cccc(OCCCN3CCOCC3)c2)CC1)C(Cl)(Cl)Cl. The fraction of sp³-hybridized carbons (Fsp3) is 0.500. The summed E-state index contributed by atoms with van der Waals surface area (Å²) in [6.07, 6.45) is 4.84. The van der Waals surface area contributed by atoms with Crippen molar-refractivity contribution in [1.29, 1.82) is 0 Å². The van der Waals surface area contributed by atoms with Gasteiger partial charge in [0.2, 0.25) is 0 Å². The number of halogens is 4. The highest BCUT2D eigenvalue weighted by atomic mass is 35.6. The summed E-state index contributed by atoms with van der Waals surface area (Å²) in [6.45, 7) is 9.82. The average Bonchev–Trinajstić information content (AvgIpc) is 3.35. The molecule has 2 aromatic carbocycles. The second kappa shape index (κ2) is 15.8. The summed E-state index contributed by atoms with van der Waals surface area (Å²) >= 11 is 17.5. The zero-order valence-corrected chi connectivity index (χ0v) is 25.4. The van der Waals surface area contributed by atoms with Crippen LogP contribution in [0.25, 0.3) is 0 Å². The molecule has 10 heteroatoms. The molecule has 1 aliphatic heterocycles. The first-order valence-electron chi connectivity index (χ1n) is 13.8. The lowest BCUT2D eigenvalue weighted by Crippen LogP contribution is -2.51. The maximum atomic E-state index is 13.4. The van der Waals surface area contributed by atoms with Crippen molar-refractivity contribution in [2.24, 2.45) is 0 Å². The summed E-state index contributed by atoms with van der Waals surface area (Å²) in [6, 6.07) is 14.1. The molecule has 40 heavy (non-hydrogen) atoms. The first-order valence-corrected chi connectivity index (χ1v) is 15.0. The molecule has 0 bridgehead atoms. The van der Waals surface area contributed by atoms with E-state index in [0.29, 0.717) is 26.0 Å². The monoisotopic (exact) mass is 613 g/mol. The van der Waals surface area contributed by atoms with E-state index >= 15 is 0 Å². The van der Waals surface area contributed by atoms with Gasteiger partial charge in [-0.25, -0.2) is 4.39 Å². The van der Waals surface area contributed by atoms with Crippen LogP contribution in [-0.2, 0) is 16.0 Å². The highest BCUT2D eigenvalue weighted by molar-refractivity contribution is 6.76. The van der Waals surface area contributed by atoms with Crippen LogP contribution in [0.1, 0.15) is 38.7 Å². The number of nitrogens with zero attached hydrogens (tertiary/aromatic N) is 1. The van der Waals surface area contributed by atoms with Gasteiger partial charge in [-0.05, 0) is 55.5 Å². The summed E-state index contributed by atoms with van der Waals surface area (Å²) < 4.78 is 22.7. The second-order valence-corrected chi connectivity index (χ2v) is 12.0. The van der Waals surface area contributed by atoms with Crippen LogP contribution in [0.15, 0.2) is 60.2 Å². The Morgan fingerprint density at radius 2 is 1.85 bits per heavy atom. The Hall–Kier alpha value is -2.03. The number of morpholine rings is 1. The van der Waals surface area contributed by atoms with E-state index in [9.17, 15) is 9.18 Å². The minimum absolute atomic E-state index is 0.316. The van der Waals surface area contributed by atoms with E-state index < -0.39 is 15.2 Å². The number of ether oxygens (including phenoxy) is 2. The zero-order valence-electron chi connectivity index (χ0n) is 23.2. The molecule has 1 unspecified atom stereocenters. The van der Waals surface area contributed by atoms with E-state index in [2.05, 4.69) is 15.5 Å². The fourth-order valence-electron chi connectivity index (χ4n) is 4.82. The number of alkyl halides is 3. The Balaban J connectivity index is 0.00000216. The van der Waals surface area contributed by atoms with Crippen LogP contribution >= 0.6 is 34.8 Å². The molecule has 1 aliphatic carbocycles. The summed E-state index contributed by atoms with van der Waals surface area (Å²) in [7, 11) is 0. The number of carbonyl (C=O) groups is 1. The van der Waals surface area contributed by atoms with Crippen molar-refractivity contribution in [3.63, 3.8) is 0 Å². The van der Waals surface area contributed by atoms with Gasteiger partial charge in [-0.3, -0.25) is 9.69 Å². The van der Waals surface area contributed by atoms with E-state index in [-0.39, 0.29) is 5.82 Å². The maximum Gasteiger partial charge on any atom is 0.272 e. The van der Waals surface area contributed by atoms with Crippen LogP contribution in [0.2, 0.25) is 0 Å². The molecule has 1 heterocycles. The third-order valence-corrected chi connectivity index (χ3v) is 7.29. The first kappa shape index (κ1) is 32.5. The van der Waals surface area contributed by atoms with Gasteiger partial charge in [0.15, 0.2) is 0 Å². The van der Waals surface area contributed by atoms with Gasteiger partial charge in [0.05, 0.1) is 25.4 Å². The molecular formula is C30H39Cl3FN3O3. The molecule has 1 atom stereocenters. The zero-order chi connectivity index (χ0) is 29.0. The van der Waals surface area contributed by atoms with Crippen LogP contribution in [0.4, 0.5) is 10.1 Å². The van der Waals surface area contributed by atoms with E-state index in [1.54, 1.807) is 12.1 Å². The molecule has 1 saturated heterocycles. The highest BCUT2D eigenvalue weighted by Crippen LogP contribution is 2.35. The van der Waals surface area contributed by atoms with Crippen molar-refractivity contribution in [2.75, 3.05) is 51.3 Å². The number of nitrogens with one attached hydrogen (secondary N) is 2. The molecule has 2 aromatic rings. The summed E-state index contributed by atoms with van der Waals surface area (Å²) in [5.41, 5.74) is 2.20. The van der Waals surface area contributed by atoms with Crippen molar-refractivity contribution in [2.45, 2.75) is 48.9 Å². The predicted octanol–water partition coefficient (Wildman–Crippen LogP) is 6.55. The van der Waals surface area contributed by atoms with Crippen LogP contribution in [0, 0.1) is 5.82 Å². The molecule has 6 nitrogen and oxygen atoms in total. The van der Waals surface area contributed by atoms with Gasteiger partial charge in [-0.15, -0.1) is 0 Å². The molecule has 1 fully saturated rings. The molecule has 0 spiro atoms. The standard InChI is InChI=1S/C28H33Cl3FN3O3.C2H6/c29-28(30,31)26(36)34-27(18-21-5-7-23(32)8-6-21)10-9-22(19-27)20-33-24-3-1-4-25(17-24)38-14-2-11-35-12-15-37-16-13-35;1-2/h1,3-8,17,19,33H,2,9-16,18,20H2,(H,34,36);1-2H3. The van der Waals surface area contributed by atoms with Crippen molar-refractivity contribution >= 4 is 46.4 Å². The molecule has 1 amide bonds. The number of rotatable bonds is 11. The maximum absolute atomic E-state index is 13.4. The largest absolute Gasteiger partial charge is 0.493 e. The Bertz CT molecular complexity index is 1110. The lowest BCUT2D eigenvalue weighted by molar-refractivity contribution is -0.121. The minimum Gasteiger partial charge on any atom is -0.493 e. The van der Waals surface area contributed by atoms with Gasteiger partial charge in [-0.1, -0.05) is 78.5 Å². The smallest absolute Gasteiger partial charge is 0.272 e. The van der Waals surface area contributed by atoms with E-state index in [1.165, 1.54) is 12.1 Å². The summed E-state index contributed by atoms with van der Waals surface area (Å²) in [5.74, 6) is -0.185. The third-order valence-electron chi connectivity index (χ3n) is 6.77. The van der Waals surface area contributed by atoms with Crippen molar-refractivity contribution in [3.05, 3.63) is 71.6 Å². The third kappa shape index (κ3) is 10.4. The number of benzene rings is 2. The summed E-state index contributed by atoms with van der Waals surface area (Å²) in [4.78, 5) is 15.0. The van der Waals surface area contributed by atoms with Gasteiger partial charge >= 0.3 is 0 Å².